The number of benzene rings is 4. The second-order valence-electron chi connectivity index (χ2n) is 11.5. The molecule has 0 saturated heterocycles. The van der Waals surface area contributed by atoms with Gasteiger partial charge in [-0.3, -0.25) is 13.9 Å². The molecular weight excluding hydrogens is 673 g/mol. The van der Waals surface area contributed by atoms with E-state index in [9.17, 15) is 18.0 Å². The second-order valence-corrected chi connectivity index (χ2v) is 14.2. The lowest BCUT2D eigenvalue weighted by Crippen LogP contribution is -2.54. The third kappa shape index (κ3) is 9.00. The minimum atomic E-state index is -4.35. The lowest BCUT2D eigenvalue weighted by atomic mass is 10.0. The van der Waals surface area contributed by atoms with Crippen molar-refractivity contribution < 1.29 is 27.5 Å². The quantitative estimate of drug-likeness (QED) is 0.157. The van der Waals surface area contributed by atoms with Gasteiger partial charge in [0.1, 0.15) is 24.1 Å². The van der Waals surface area contributed by atoms with Crippen LogP contribution in [0.3, 0.4) is 0 Å². The van der Waals surface area contributed by atoms with Gasteiger partial charge in [-0.05, 0) is 68.3 Å². The highest BCUT2D eigenvalue weighted by Gasteiger charge is 2.36. The number of carbonyl (C=O) groups excluding carboxylic acids is 2. The largest absolute Gasteiger partial charge is 0.497 e. The molecule has 0 aliphatic carbocycles. The highest BCUT2D eigenvalue weighted by Crippen LogP contribution is 2.36. The van der Waals surface area contributed by atoms with Crippen LogP contribution < -0.4 is 19.1 Å². The van der Waals surface area contributed by atoms with Gasteiger partial charge in [-0.25, -0.2) is 8.42 Å². The first-order valence-electron chi connectivity index (χ1n) is 15.2. The molecular formula is C36H39Cl2N3O6S. The van der Waals surface area contributed by atoms with E-state index in [4.69, 9.17) is 32.7 Å². The number of amides is 2. The molecule has 2 amide bonds. The van der Waals surface area contributed by atoms with E-state index in [2.05, 4.69) is 5.32 Å². The maximum absolute atomic E-state index is 14.7. The molecule has 0 aliphatic heterocycles. The zero-order chi connectivity index (χ0) is 35.0. The van der Waals surface area contributed by atoms with Crippen LogP contribution >= 0.6 is 23.2 Å². The molecule has 4 aromatic carbocycles. The van der Waals surface area contributed by atoms with Crippen LogP contribution in [0.15, 0.2) is 95.9 Å². The number of nitrogens with one attached hydrogen (secondary N) is 1. The van der Waals surface area contributed by atoms with Crippen LogP contribution in [-0.4, -0.2) is 58.0 Å². The molecule has 0 heterocycles. The van der Waals surface area contributed by atoms with Crippen LogP contribution in [0.1, 0.15) is 30.5 Å². The molecule has 1 atom stereocenters. The van der Waals surface area contributed by atoms with E-state index in [-0.39, 0.29) is 40.4 Å². The number of anilines is 1. The third-order valence-corrected chi connectivity index (χ3v) is 10.1. The molecule has 0 aromatic heterocycles. The van der Waals surface area contributed by atoms with Crippen molar-refractivity contribution in [1.82, 2.24) is 10.2 Å². The molecule has 254 valence electrons. The first-order chi connectivity index (χ1) is 22.8. The van der Waals surface area contributed by atoms with E-state index < -0.39 is 34.4 Å². The number of methoxy groups -OCH3 is 2. The Bertz CT molecular complexity index is 1840. The first kappa shape index (κ1) is 36.6. The summed E-state index contributed by atoms with van der Waals surface area (Å²) in [6.45, 7) is 4.77. The number of halogens is 2. The fourth-order valence-electron chi connectivity index (χ4n) is 5.11. The van der Waals surface area contributed by atoms with Crippen molar-refractivity contribution in [3.8, 4) is 11.5 Å². The van der Waals surface area contributed by atoms with Crippen LogP contribution in [0.25, 0.3) is 0 Å². The average molecular weight is 713 g/mol. The fraction of sp³-hybridized carbons (Fsp3) is 0.278. The number of carbonyl (C=O) groups is 2. The van der Waals surface area contributed by atoms with Crippen molar-refractivity contribution >= 4 is 50.7 Å². The van der Waals surface area contributed by atoms with Gasteiger partial charge < -0.3 is 19.7 Å². The molecule has 4 rings (SSSR count). The topological polar surface area (TPSA) is 105 Å². The average Bonchev–Trinajstić information content (AvgIpc) is 3.06. The summed E-state index contributed by atoms with van der Waals surface area (Å²) >= 11 is 12.5. The lowest BCUT2D eigenvalue weighted by Gasteiger charge is -2.34. The van der Waals surface area contributed by atoms with E-state index in [1.54, 1.807) is 42.5 Å². The van der Waals surface area contributed by atoms with Gasteiger partial charge in [-0.1, -0.05) is 77.3 Å². The summed E-state index contributed by atoms with van der Waals surface area (Å²) in [5.41, 5.74) is 2.36. The van der Waals surface area contributed by atoms with E-state index in [1.165, 1.54) is 37.3 Å². The SMILES string of the molecule is COc1ccc(OC)c(N(CC(=O)N(Cc2ccc(Cl)c(Cl)c2)[C@H](Cc2ccccc2)C(=O)NC(C)C)S(=O)(=O)c2ccc(C)cc2)c1. The molecule has 0 saturated carbocycles. The summed E-state index contributed by atoms with van der Waals surface area (Å²) in [6.07, 6.45) is 0.166. The Hall–Kier alpha value is -4.25. The second kappa shape index (κ2) is 16.2. The predicted octanol–water partition coefficient (Wildman–Crippen LogP) is 6.68. The number of hydrogen-bond donors (Lipinski definition) is 1. The molecule has 0 unspecified atom stereocenters. The third-order valence-electron chi connectivity index (χ3n) is 7.58. The van der Waals surface area contributed by atoms with E-state index >= 15 is 0 Å². The monoisotopic (exact) mass is 711 g/mol. The van der Waals surface area contributed by atoms with Gasteiger partial charge in [0.15, 0.2) is 0 Å². The van der Waals surface area contributed by atoms with Gasteiger partial charge >= 0.3 is 0 Å². The molecule has 9 nitrogen and oxygen atoms in total. The van der Waals surface area contributed by atoms with Gasteiger partial charge in [0.05, 0.1) is 34.8 Å². The van der Waals surface area contributed by atoms with Crippen LogP contribution in [0.4, 0.5) is 5.69 Å². The molecule has 12 heteroatoms. The Morgan fingerprint density at radius 1 is 0.833 bits per heavy atom. The maximum Gasteiger partial charge on any atom is 0.264 e. The van der Waals surface area contributed by atoms with Gasteiger partial charge in [0.25, 0.3) is 10.0 Å². The van der Waals surface area contributed by atoms with Crippen molar-refractivity contribution in [1.29, 1.82) is 0 Å². The van der Waals surface area contributed by atoms with Crippen molar-refractivity contribution in [2.75, 3.05) is 25.1 Å². The molecule has 0 fully saturated rings. The summed E-state index contributed by atoms with van der Waals surface area (Å²) in [5, 5.41) is 3.54. The zero-order valence-corrected chi connectivity index (χ0v) is 29.8. The molecule has 0 radical (unpaired) electrons. The summed E-state index contributed by atoms with van der Waals surface area (Å²) in [4.78, 5) is 29.9. The van der Waals surface area contributed by atoms with E-state index in [0.29, 0.717) is 16.3 Å². The molecule has 4 aromatic rings. The first-order valence-corrected chi connectivity index (χ1v) is 17.4. The van der Waals surface area contributed by atoms with Crippen LogP contribution in [0, 0.1) is 6.92 Å². The van der Waals surface area contributed by atoms with Gasteiger partial charge in [0.2, 0.25) is 11.8 Å². The Morgan fingerprint density at radius 3 is 2.12 bits per heavy atom. The van der Waals surface area contributed by atoms with E-state index in [0.717, 1.165) is 15.4 Å². The van der Waals surface area contributed by atoms with Crippen molar-refractivity contribution in [2.24, 2.45) is 0 Å². The standard InChI is InChI=1S/C36H39Cl2N3O6S/c1-24(2)39-36(43)33(20-26-9-7-6-8-10-26)40(22-27-13-17-30(37)31(38)19-27)35(42)23-41(32-21-28(46-4)14-18-34(32)47-5)48(44,45)29-15-11-25(3)12-16-29/h6-19,21,24,33H,20,22-23H2,1-5H3,(H,39,43)/t33-/m1/s1. The fourth-order valence-corrected chi connectivity index (χ4v) is 6.85. The predicted molar refractivity (Wildman–Crippen MR) is 189 cm³/mol. The van der Waals surface area contributed by atoms with Crippen LogP contribution in [0.5, 0.6) is 11.5 Å². The van der Waals surface area contributed by atoms with Crippen molar-refractivity contribution in [3.05, 3.63) is 118 Å². The van der Waals surface area contributed by atoms with Gasteiger partial charge in [-0.2, -0.15) is 0 Å². The molecule has 1 N–H and O–H groups in total. The highest BCUT2D eigenvalue weighted by molar-refractivity contribution is 7.92. The van der Waals surface area contributed by atoms with Crippen LogP contribution in [0.2, 0.25) is 10.0 Å². The Balaban J connectivity index is 1.88. The number of rotatable bonds is 14. The summed E-state index contributed by atoms with van der Waals surface area (Å²) in [7, 11) is -1.49. The number of ether oxygens (including phenoxy) is 2. The van der Waals surface area contributed by atoms with Gasteiger partial charge in [0, 0.05) is 25.1 Å². The van der Waals surface area contributed by atoms with Crippen molar-refractivity contribution in [3.63, 3.8) is 0 Å². The molecule has 0 aliphatic rings. The summed E-state index contributed by atoms with van der Waals surface area (Å²) in [5.74, 6) is -0.474. The Labute approximate surface area is 292 Å². The maximum atomic E-state index is 14.7. The molecule has 48 heavy (non-hydrogen) atoms. The number of sulfonamides is 1. The van der Waals surface area contributed by atoms with Gasteiger partial charge in [-0.15, -0.1) is 0 Å². The molecule has 0 bridgehead atoms. The van der Waals surface area contributed by atoms with E-state index in [1.807, 2.05) is 51.1 Å². The highest BCUT2D eigenvalue weighted by atomic mass is 35.5. The summed E-state index contributed by atoms with van der Waals surface area (Å²) in [6, 6.07) is 24.0. The minimum absolute atomic E-state index is 0.0276. The minimum Gasteiger partial charge on any atom is -0.497 e. The number of aryl methyl sites for hydroxylation is 1. The van der Waals surface area contributed by atoms with Crippen LogP contribution in [-0.2, 0) is 32.6 Å². The lowest BCUT2D eigenvalue weighted by molar-refractivity contribution is -0.140. The summed E-state index contributed by atoms with van der Waals surface area (Å²) < 4.78 is 40.8. The zero-order valence-electron chi connectivity index (χ0n) is 27.4. The Morgan fingerprint density at radius 2 is 1.52 bits per heavy atom. The number of nitrogens with zero attached hydrogens (tertiary/aromatic N) is 2. The van der Waals surface area contributed by atoms with Crippen molar-refractivity contribution in [2.45, 2.75) is 50.7 Å². The Kier molecular flexibility index (Phi) is 12.4. The normalized spacial score (nSPS) is 11.9. The smallest absolute Gasteiger partial charge is 0.264 e. The number of hydrogen-bond acceptors (Lipinski definition) is 6. The molecule has 0 spiro atoms.